The van der Waals surface area contributed by atoms with E-state index in [0.717, 1.165) is 12.0 Å². The molecule has 0 unspecified atom stereocenters. The molecule has 0 atom stereocenters. The van der Waals surface area contributed by atoms with Gasteiger partial charge in [-0.25, -0.2) is 5.43 Å². The van der Waals surface area contributed by atoms with Gasteiger partial charge < -0.3 is 0 Å². The lowest BCUT2D eigenvalue weighted by molar-refractivity contribution is -0.384. The number of carbonyl (C=O) groups excluding carboxylic acids is 1. The number of nitro groups is 1. The molecule has 1 amide bonds. The number of aryl methyl sites for hydroxylation is 1. The molecule has 0 saturated heterocycles. The quantitative estimate of drug-likeness (QED) is 0.506. The topological polar surface area (TPSA) is 84.6 Å². The fourth-order valence-corrected chi connectivity index (χ4v) is 1.98. The monoisotopic (exact) mass is 311 g/mol. The Kier molecular flexibility index (Phi) is 5.57. The van der Waals surface area contributed by atoms with Crippen molar-refractivity contribution in [1.29, 1.82) is 0 Å². The van der Waals surface area contributed by atoms with Crippen LogP contribution in [0.5, 0.6) is 0 Å². The standard InChI is InChI=1S/C17H17N3O3/c1-2-13-3-5-15(6-4-13)12-18-19-17(21)11-14-7-9-16(10-8-14)20(22)23/h3-10,12H,2,11H2,1H3,(H,19,21)/b18-12+. The Labute approximate surface area is 134 Å². The van der Waals surface area contributed by atoms with E-state index in [1.54, 1.807) is 18.3 Å². The Balaban J connectivity index is 1.86. The minimum absolute atomic E-state index is 0.00250. The molecular formula is C17H17N3O3. The molecule has 2 aromatic rings. The first kappa shape index (κ1) is 16.4. The van der Waals surface area contributed by atoms with Crippen molar-refractivity contribution in [3.63, 3.8) is 0 Å². The second-order valence-electron chi connectivity index (χ2n) is 4.99. The van der Waals surface area contributed by atoms with Gasteiger partial charge in [-0.3, -0.25) is 14.9 Å². The number of carbonyl (C=O) groups is 1. The summed E-state index contributed by atoms with van der Waals surface area (Å²) in [6, 6.07) is 13.8. The molecule has 6 heteroatoms. The van der Waals surface area contributed by atoms with Crippen LogP contribution in [-0.2, 0) is 17.6 Å². The molecule has 0 spiro atoms. The Hall–Kier alpha value is -3.02. The van der Waals surface area contributed by atoms with Gasteiger partial charge in [-0.2, -0.15) is 5.10 Å². The summed E-state index contributed by atoms with van der Waals surface area (Å²) in [6.45, 7) is 2.08. The van der Waals surface area contributed by atoms with E-state index < -0.39 is 4.92 Å². The highest BCUT2D eigenvalue weighted by Gasteiger charge is 2.06. The number of nitrogens with zero attached hydrogens (tertiary/aromatic N) is 2. The molecule has 0 aromatic heterocycles. The van der Waals surface area contributed by atoms with Gasteiger partial charge in [0.05, 0.1) is 17.6 Å². The number of non-ortho nitro benzene ring substituents is 1. The molecule has 0 heterocycles. The van der Waals surface area contributed by atoms with Gasteiger partial charge >= 0.3 is 0 Å². The van der Waals surface area contributed by atoms with E-state index in [0.29, 0.717) is 5.56 Å². The van der Waals surface area contributed by atoms with Crippen LogP contribution in [0.2, 0.25) is 0 Å². The zero-order valence-corrected chi connectivity index (χ0v) is 12.7. The molecular weight excluding hydrogens is 294 g/mol. The van der Waals surface area contributed by atoms with Crippen LogP contribution in [0.25, 0.3) is 0 Å². The molecule has 0 aliphatic heterocycles. The second kappa shape index (κ2) is 7.84. The van der Waals surface area contributed by atoms with Crippen molar-refractivity contribution in [1.82, 2.24) is 5.43 Å². The van der Waals surface area contributed by atoms with Gasteiger partial charge in [0.15, 0.2) is 0 Å². The van der Waals surface area contributed by atoms with E-state index in [1.165, 1.54) is 17.7 Å². The van der Waals surface area contributed by atoms with Crippen molar-refractivity contribution in [3.05, 3.63) is 75.3 Å². The number of hydrogen-bond acceptors (Lipinski definition) is 4. The molecule has 118 valence electrons. The van der Waals surface area contributed by atoms with Crippen LogP contribution >= 0.6 is 0 Å². The van der Waals surface area contributed by atoms with E-state index >= 15 is 0 Å². The van der Waals surface area contributed by atoms with Gasteiger partial charge in [-0.05, 0) is 23.1 Å². The fraction of sp³-hybridized carbons (Fsp3) is 0.176. The Morgan fingerprint density at radius 2 is 1.74 bits per heavy atom. The number of benzene rings is 2. The van der Waals surface area contributed by atoms with Crippen molar-refractivity contribution >= 4 is 17.8 Å². The van der Waals surface area contributed by atoms with E-state index in [2.05, 4.69) is 17.5 Å². The van der Waals surface area contributed by atoms with Gasteiger partial charge in [-0.15, -0.1) is 0 Å². The molecule has 6 nitrogen and oxygen atoms in total. The maximum Gasteiger partial charge on any atom is 0.269 e. The first-order chi connectivity index (χ1) is 11.1. The van der Waals surface area contributed by atoms with Crippen molar-refractivity contribution in [2.75, 3.05) is 0 Å². The summed E-state index contributed by atoms with van der Waals surface area (Å²) in [4.78, 5) is 21.8. The summed E-state index contributed by atoms with van der Waals surface area (Å²) in [5, 5.41) is 14.5. The van der Waals surface area contributed by atoms with Crippen LogP contribution in [0.15, 0.2) is 53.6 Å². The van der Waals surface area contributed by atoms with Crippen molar-refractivity contribution < 1.29 is 9.72 Å². The van der Waals surface area contributed by atoms with Crippen LogP contribution in [0.3, 0.4) is 0 Å². The molecule has 0 bridgehead atoms. The normalized spacial score (nSPS) is 10.7. The molecule has 2 rings (SSSR count). The highest BCUT2D eigenvalue weighted by molar-refractivity contribution is 5.83. The zero-order chi connectivity index (χ0) is 16.7. The van der Waals surface area contributed by atoms with E-state index in [4.69, 9.17) is 0 Å². The zero-order valence-electron chi connectivity index (χ0n) is 12.7. The van der Waals surface area contributed by atoms with Crippen molar-refractivity contribution in [2.24, 2.45) is 5.10 Å². The van der Waals surface area contributed by atoms with E-state index in [-0.39, 0.29) is 18.0 Å². The average Bonchev–Trinajstić information content (AvgIpc) is 2.56. The minimum Gasteiger partial charge on any atom is -0.273 e. The highest BCUT2D eigenvalue weighted by Crippen LogP contribution is 2.12. The maximum atomic E-state index is 11.8. The number of nitrogens with one attached hydrogen (secondary N) is 1. The van der Waals surface area contributed by atoms with Crippen molar-refractivity contribution in [3.8, 4) is 0 Å². The summed E-state index contributed by atoms with van der Waals surface area (Å²) < 4.78 is 0. The highest BCUT2D eigenvalue weighted by atomic mass is 16.6. The minimum atomic E-state index is -0.474. The van der Waals surface area contributed by atoms with Crippen molar-refractivity contribution in [2.45, 2.75) is 19.8 Å². The van der Waals surface area contributed by atoms with Gasteiger partial charge in [0.2, 0.25) is 5.91 Å². The lowest BCUT2D eigenvalue weighted by Crippen LogP contribution is -2.19. The van der Waals surface area contributed by atoms with Crippen LogP contribution in [0.1, 0.15) is 23.6 Å². The third-order valence-corrected chi connectivity index (χ3v) is 3.30. The number of rotatable bonds is 6. The number of hydrogen-bond donors (Lipinski definition) is 1. The van der Waals surface area contributed by atoms with Gasteiger partial charge in [0.1, 0.15) is 0 Å². The van der Waals surface area contributed by atoms with Crippen LogP contribution < -0.4 is 5.43 Å². The number of amides is 1. The molecule has 1 N–H and O–H groups in total. The average molecular weight is 311 g/mol. The summed E-state index contributed by atoms with van der Waals surface area (Å²) in [6.07, 6.45) is 2.67. The number of hydrazone groups is 1. The molecule has 0 aliphatic carbocycles. The Bertz CT molecular complexity index is 707. The molecule has 0 saturated carbocycles. The third kappa shape index (κ3) is 5.03. The predicted octanol–water partition coefficient (Wildman–Crippen LogP) is 2.85. The Morgan fingerprint density at radius 1 is 1.13 bits per heavy atom. The van der Waals surface area contributed by atoms with E-state index in [1.807, 2.05) is 24.3 Å². The summed E-state index contributed by atoms with van der Waals surface area (Å²) in [5.74, 6) is -0.278. The maximum absolute atomic E-state index is 11.8. The third-order valence-electron chi connectivity index (χ3n) is 3.30. The molecule has 0 aliphatic rings. The molecule has 2 aromatic carbocycles. The van der Waals surface area contributed by atoms with Gasteiger partial charge in [0, 0.05) is 12.1 Å². The van der Waals surface area contributed by atoms with Gasteiger partial charge in [-0.1, -0.05) is 43.3 Å². The van der Waals surface area contributed by atoms with E-state index in [9.17, 15) is 14.9 Å². The molecule has 23 heavy (non-hydrogen) atoms. The molecule has 0 fully saturated rings. The first-order valence-corrected chi connectivity index (χ1v) is 7.22. The lowest BCUT2D eigenvalue weighted by Gasteiger charge is -2.01. The second-order valence-corrected chi connectivity index (χ2v) is 4.99. The first-order valence-electron chi connectivity index (χ1n) is 7.22. The fourth-order valence-electron chi connectivity index (χ4n) is 1.98. The Morgan fingerprint density at radius 3 is 2.30 bits per heavy atom. The smallest absolute Gasteiger partial charge is 0.269 e. The summed E-state index contributed by atoms with van der Waals surface area (Å²) in [7, 11) is 0. The largest absolute Gasteiger partial charge is 0.273 e. The summed E-state index contributed by atoms with van der Waals surface area (Å²) >= 11 is 0. The van der Waals surface area contributed by atoms with Crippen LogP contribution in [0.4, 0.5) is 5.69 Å². The van der Waals surface area contributed by atoms with Gasteiger partial charge in [0.25, 0.3) is 5.69 Å². The lowest BCUT2D eigenvalue weighted by atomic mass is 10.1. The van der Waals surface area contributed by atoms with Crippen LogP contribution in [0, 0.1) is 10.1 Å². The SMILES string of the molecule is CCc1ccc(/C=N/NC(=O)Cc2ccc([N+](=O)[O-])cc2)cc1. The van der Waals surface area contributed by atoms with Crippen LogP contribution in [-0.4, -0.2) is 17.0 Å². The molecule has 0 radical (unpaired) electrons. The predicted molar refractivity (Wildman–Crippen MR) is 88.4 cm³/mol. The summed E-state index contributed by atoms with van der Waals surface area (Å²) in [5.41, 5.74) is 5.28. The number of nitro benzene ring substituents is 1.